The summed E-state index contributed by atoms with van der Waals surface area (Å²) in [5.41, 5.74) is -2.38. The Kier molecular flexibility index (Phi) is 9.85. The third-order valence-electron chi connectivity index (χ3n) is 6.82. The Hall–Kier alpha value is -6.82. The van der Waals surface area contributed by atoms with E-state index in [4.69, 9.17) is 18.9 Å². The predicted molar refractivity (Wildman–Crippen MR) is 177 cm³/mol. The summed E-state index contributed by atoms with van der Waals surface area (Å²) < 4.78 is 22.5. The van der Waals surface area contributed by atoms with Crippen molar-refractivity contribution >= 4 is 35.1 Å². The summed E-state index contributed by atoms with van der Waals surface area (Å²) in [7, 11) is 2.91. The van der Waals surface area contributed by atoms with Crippen molar-refractivity contribution in [1.82, 2.24) is 0 Å². The average Bonchev–Trinajstić information content (AvgIpc) is 3.09. The van der Waals surface area contributed by atoms with Crippen LogP contribution in [0.1, 0.15) is 31.8 Å². The largest absolute Gasteiger partial charge is 0.497 e. The van der Waals surface area contributed by atoms with Gasteiger partial charge in [0, 0.05) is 0 Å². The molecular weight excluding hydrogens is 620 g/mol. The van der Waals surface area contributed by atoms with E-state index in [0.29, 0.717) is 11.5 Å². The van der Waals surface area contributed by atoms with Crippen molar-refractivity contribution in [2.24, 2.45) is 9.98 Å². The van der Waals surface area contributed by atoms with Gasteiger partial charge in [0.1, 0.15) is 34.1 Å². The highest BCUT2D eigenvalue weighted by Gasteiger charge is 2.38. The first-order chi connectivity index (χ1) is 23.2. The van der Waals surface area contributed by atoms with E-state index < -0.39 is 57.5 Å². The summed E-state index contributed by atoms with van der Waals surface area (Å²) in [5, 5.41) is 44.4. The fraction of sp³-hybridized carbons (Fsp3) is 0.0556. The maximum Gasteiger partial charge on any atom is 0.340 e. The number of ether oxygens (including phenoxy) is 4. The molecule has 5 rings (SSSR count). The molecule has 0 spiro atoms. The third kappa shape index (κ3) is 7.18. The third-order valence-corrected chi connectivity index (χ3v) is 6.82. The number of aliphatic imine (C=N–C) groups is 2. The zero-order valence-electron chi connectivity index (χ0n) is 25.5. The predicted octanol–water partition coefficient (Wildman–Crippen LogP) is 7.96. The Labute approximate surface area is 274 Å². The Morgan fingerprint density at radius 1 is 0.458 bits per heavy atom. The van der Waals surface area contributed by atoms with Crippen molar-refractivity contribution < 1.29 is 49.0 Å². The number of benzene rings is 5. The number of nitrogens with zero attached hydrogens (tertiary/aromatic N) is 2. The lowest BCUT2D eigenvalue weighted by Gasteiger charge is -2.22. The minimum Gasteiger partial charge on any atom is -0.497 e. The van der Waals surface area contributed by atoms with Gasteiger partial charge in [-0.2, -0.15) is 0 Å². The molecule has 0 unspecified atom stereocenters. The summed E-state index contributed by atoms with van der Waals surface area (Å²) in [5.74, 6) is -5.49. The lowest BCUT2D eigenvalue weighted by Crippen LogP contribution is -2.21. The number of para-hydroxylation sites is 2. The minimum absolute atomic E-state index is 0.0144. The molecule has 242 valence electrons. The Bertz CT molecular complexity index is 1900. The summed E-state index contributed by atoms with van der Waals surface area (Å²) in [6.45, 7) is 0. The molecule has 0 heterocycles. The molecule has 12 heteroatoms. The second kappa shape index (κ2) is 14.5. The molecule has 0 fully saturated rings. The van der Waals surface area contributed by atoms with Crippen molar-refractivity contribution in [3.8, 4) is 34.5 Å². The highest BCUT2D eigenvalue weighted by Crippen LogP contribution is 2.44. The first kappa shape index (κ1) is 32.6. The molecule has 48 heavy (non-hydrogen) atoms. The molecule has 0 amide bonds. The smallest absolute Gasteiger partial charge is 0.340 e. The summed E-state index contributed by atoms with van der Waals surface area (Å²) in [6.07, 6.45) is 0. The lowest BCUT2D eigenvalue weighted by atomic mass is 9.93. The molecule has 0 radical (unpaired) electrons. The van der Waals surface area contributed by atoms with E-state index in [-0.39, 0.29) is 22.9 Å². The van der Waals surface area contributed by atoms with Crippen molar-refractivity contribution in [2.75, 3.05) is 14.2 Å². The van der Waals surface area contributed by atoms with E-state index in [1.54, 1.807) is 72.8 Å². The van der Waals surface area contributed by atoms with Crippen LogP contribution in [-0.4, -0.2) is 58.4 Å². The standard InChI is InChI=1S/C36H28N2O10/c1-45-23-13-17-25(18-14-23)47-31-27(33(39)37-21-9-5-3-6-10-21)29(35(41)42)32(48-26-19-15-24(46-2)16-20-26)30(36(43)44)28(31)34(40)38-22-11-7-4-8-12-22/h3-20H,1-2H3,(H,37,39)(H,38,40)(H,41,42)(H,43,44). The van der Waals surface area contributed by atoms with Crippen molar-refractivity contribution in [3.05, 3.63) is 131 Å². The number of aromatic carboxylic acids is 2. The fourth-order valence-corrected chi connectivity index (χ4v) is 4.63. The monoisotopic (exact) mass is 648 g/mol. The molecule has 0 aliphatic carbocycles. The molecule has 5 aromatic rings. The van der Waals surface area contributed by atoms with Crippen molar-refractivity contribution in [2.45, 2.75) is 0 Å². The molecule has 5 aromatic carbocycles. The highest BCUT2D eigenvalue weighted by atomic mass is 16.5. The Morgan fingerprint density at radius 3 is 1.08 bits per heavy atom. The van der Waals surface area contributed by atoms with Crippen LogP contribution >= 0.6 is 0 Å². The van der Waals surface area contributed by atoms with Crippen molar-refractivity contribution in [1.29, 1.82) is 0 Å². The van der Waals surface area contributed by atoms with Gasteiger partial charge in [0.15, 0.2) is 11.5 Å². The van der Waals surface area contributed by atoms with Gasteiger partial charge >= 0.3 is 11.9 Å². The molecular formula is C36H28N2O10. The SMILES string of the molecule is COc1ccc(Oc2c(C(=O)O)c(C(O)=Nc3ccccc3)c(Oc3ccc(OC)cc3)c(C(O)=Nc3ccccc3)c2C(=O)O)cc1. The van der Waals surface area contributed by atoms with Crippen LogP contribution in [0.4, 0.5) is 11.4 Å². The lowest BCUT2D eigenvalue weighted by molar-refractivity contribution is 0.0690. The Morgan fingerprint density at radius 2 is 0.771 bits per heavy atom. The number of aliphatic hydroxyl groups excluding tert-OH is 2. The van der Waals surface area contributed by atoms with E-state index in [1.807, 2.05) is 0 Å². The van der Waals surface area contributed by atoms with Gasteiger partial charge in [-0.3, -0.25) is 0 Å². The van der Waals surface area contributed by atoms with Crippen LogP contribution < -0.4 is 18.9 Å². The first-order valence-electron chi connectivity index (χ1n) is 14.2. The number of carboxylic acid groups (broad SMARTS) is 2. The zero-order chi connectivity index (χ0) is 34.2. The van der Waals surface area contributed by atoms with Crippen LogP contribution in [0.25, 0.3) is 0 Å². The number of carbonyl (C=O) groups is 2. The van der Waals surface area contributed by atoms with Gasteiger partial charge in [-0.15, -0.1) is 0 Å². The molecule has 0 aliphatic rings. The first-order valence-corrected chi connectivity index (χ1v) is 14.2. The molecule has 12 nitrogen and oxygen atoms in total. The van der Waals surface area contributed by atoms with Gasteiger partial charge in [-0.1, -0.05) is 36.4 Å². The van der Waals surface area contributed by atoms with Crippen molar-refractivity contribution in [3.63, 3.8) is 0 Å². The number of rotatable bonds is 12. The van der Waals surface area contributed by atoms with Crippen LogP contribution in [0.5, 0.6) is 34.5 Å². The molecule has 4 N–H and O–H groups in total. The van der Waals surface area contributed by atoms with E-state index >= 15 is 0 Å². The van der Waals surface area contributed by atoms with Gasteiger partial charge in [0.25, 0.3) is 0 Å². The molecule has 0 atom stereocenters. The molecule has 0 aliphatic heterocycles. The average molecular weight is 649 g/mol. The number of carboxylic acids is 2. The van der Waals surface area contributed by atoms with Crippen LogP contribution in [0.2, 0.25) is 0 Å². The van der Waals surface area contributed by atoms with Gasteiger partial charge in [0.05, 0.1) is 36.7 Å². The maximum absolute atomic E-state index is 13.1. The summed E-state index contributed by atoms with van der Waals surface area (Å²) in [6, 6.07) is 28.1. The summed E-state index contributed by atoms with van der Waals surface area (Å²) >= 11 is 0. The van der Waals surface area contributed by atoms with Crippen LogP contribution in [0.15, 0.2) is 119 Å². The van der Waals surface area contributed by atoms with Gasteiger partial charge in [0.2, 0.25) is 11.8 Å². The van der Waals surface area contributed by atoms with E-state index in [0.717, 1.165) is 0 Å². The topological polar surface area (TPSA) is 177 Å². The Balaban J connectivity index is 1.92. The highest BCUT2D eigenvalue weighted by molar-refractivity contribution is 6.17. The molecule has 0 aromatic heterocycles. The molecule has 0 saturated heterocycles. The normalized spacial score (nSPS) is 11.5. The van der Waals surface area contributed by atoms with Crippen LogP contribution in [-0.2, 0) is 0 Å². The summed E-state index contributed by atoms with van der Waals surface area (Å²) in [4.78, 5) is 34.6. The van der Waals surface area contributed by atoms with E-state index in [2.05, 4.69) is 9.98 Å². The zero-order valence-corrected chi connectivity index (χ0v) is 25.5. The van der Waals surface area contributed by atoms with Gasteiger partial charge in [-0.05, 0) is 72.8 Å². The van der Waals surface area contributed by atoms with Gasteiger partial charge < -0.3 is 39.4 Å². The number of hydrogen-bond acceptors (Lipinski definition) is 8. The van der Waals surface area contributed by atoms with E-state index in [9.17, 15) is 30.0 Å². The van der Waals surface area contributed by atoms with Gasteiger partial charge in [-0.25, -0.2) is 19.6 Å². The second-order valence-electron chi connectivity index (χ2n) is 9.87. The maximum atomic E-state index is 13.1. The number of aliphatic hydroxyl groups is 2. The number of hydrogen-bond donors (Lipinski definition) is 4. The minimum atomic E-state index is -1.70. The second-order valence-corrected chi connectivity index (χ2v) is 9.87. The van der Waals surface area contributed by atoms with Crippen LogP contribution in [0.3, 0.4) is 0 Å². The van der Waals surface area contributed by atoms with E-state index in [1.165, 1.54) is 50.6 Å². The van der Waals surface area contributed by atoms with Crippen LogP contribution in [0, 0.1) is 0 Å². The molecule has 0 saturated carbocycles. The number of methoxy groups -OCH3 is 2. The quantitative estimate of drug-likeness (QED) is 0.0766. The fourth-order valence-electron chi connectivity index (χ4n) is 4.63. The molecule has 0 bridgehead atoms.